The van der Waals surface area contributed by atoms with Gasteiger partial charge in [0.1, 0.15) is 0 Å². The van der Waals surface area contributed by atoms with Gasteiger partial charge in [0.15, 0.2) is 0 Å². The molecule has 4 nitrogen and oxygen atoms in total. The number of carbonyl (C=O) groups excluding carboxylic acids is 1. The summed E-state index contributed by atoms with van der Waals surface area (Å²) >= 11 is 0. The third-order valence-electron chi connectivity index (χ3n) is 2.71. The molecule has 0 spiro atoms. The Morgan fingerprint density at radius 2 is 1.95 bits per heavy atom. The molecule has 1 rings (SSSR count). The second-order valence-corrected chi connectivity index (χ2v) is 4.99. The number of hydrogen-bond acceptors (Lipinski definition) is 3. The highest BCUT2D eigenvalue weighted by Gasteiger charge is 2.08. The molecule has 0 fully saturated rings. The summed E-state index contributed by atoms with van der Waals surface area (Å²) in [5.41, 5.74) is 6.75. The van der Waals surface area contributed by atoms with E-state index in [4.69, 9.17) is 10.5 Å². The zero-order valence-corrected chi connectivity index (χ0v) is 13.0. The molecular formula is C15H25ClN2O2. The fourth-order valence-corrected chi connectivity index (χ4v) is 1.68. The minimum Gasteiger partial charge on any atom is -0.375 e. The average Bonchev–Trinajstić information content (AvgIpc) is 2.37. The summed E-state index contributed by atoms with van der Waals surface area (Å²) in [5.74, 6) is 0.0353. The van der Waals surface area contributed by atoms with Crippen molar-refractivity contribution in [3.8, 4) is 0 Å². The van der Waals surface area contributed by atoms with Crippen LogP contribution in [0, 0.1) is 0 Å². The summed E-state index contributed by atoms with van der Waals surface area (Å²) in [6, 6.07) is 10.1. The van der Waals surface area contributed by atoms with Gasteiger partial charge in [-0.2, -0.15) is 0 Å². The first-order chi connectivity index (χ1) is 9.08. The van der Waals surface area contributed by atoms with Gasteiger partial charge in [-0.1, -0.05) is 30.3 Å². The van der Waals surface area contributed by atoms with E-state index in [1.54, 1.807) is 0 Å². The maximum absolute atomic E-state index is 11.6. The van der Waals surface area contributed by atoms with E-state index in [9.17, 15) is 4.79 Å². The second-order valence-electron chi connectivity index (χ2n) is 4.99. The molecule has 0 aromatic heterocycles. The van der Waals surface area contributed by atoms with Gasteiger partial charge < -0.3 is 15.8 Å². The van der Waals surface area contributed by atoms with Gasteiger partial charge in [-0.05, 0) is 25.8 Å². The van der Waals surface area contributed by atoms with Crippen molar-refractivity contribution < 1.29 is 9.53 Å². The van der Waals surface area contributed by atoms with Crippen LogP contribution in [0.5, 0.6) is 0 Å². The largest absolute Gasteiger partial charge is 0.375 e. The topological polar surface area (TPSA) is 64.4 Å². The maximum Gasteiger partial charge on any atom is 0.220 e. The van der Waals surface area contributed by atoms with Crippen LogP contribution >= 0.6 is 12.4 Å². The van der Waals surface area contributed by atoms with Gasteiger partial charge in [0.25, 0.3) is 0 Å². The molecule has 0 saturated heterocycles. The lowest BCUT2D eigenvalue weighted by Crippen LogP contribution is -2.36. The lowest BCUT2D eigenvalue weighted by Gasteiger charge is -2.14. The van der Waals surface area contributed by atoms with Crippen LogP contribution in [0.25, 0.3) is 0 Å². The van der Waals surface area contributed by atoms with Crippen molar-refractivity contribution in [1.82, 2.24) is 5.32 Å². The molecule has 3 N–H and O–H groups in total. The monoisotopic (exact) mass is 300 g/mol. The van der Waals surface area contributed by atoms with Crippen molar-refractivity contribution in [1.29, 1.82) is 0 Å². The molecule has 0 bridgehead atoms. The van der Waals surface area contributed by atoms with Crippen LogP contribution in [0.4, 0.5) is 0 Å². The summed E-state index contributed by atoms with van der Waals surface area (Å²) in [5, 5.41) is 2.90. The van der Waals surface area contributed by atoms with Crippen LogP contribution in [-0.4, -0.2) is 24.6 Å². The van der Waals surface area contributed by atoms with Gasteiger partial charge in [-0.3, -0.25) is 4.79 Å². The standard InChI is InChI=1S/C15H24N2O2.ClH/c1-12(16)8-9-15(18)17-13(2)10-19-11-14-6-4-3-5-7-14;/h3-7,12-13H,8-11,16H2,1-2H3,(H,17,18);1H. The maximum atomic E-state index is 11.6. The van der Waals surface area contributed by atoms with Crippen molar-refractivity contribution in [2.45, 2.75) is 45.4 Å². The van der Waals surface area contributed by atoms with E-state index in [0.29, 0.717) is 26.1 Å². The van der Waals surface area contributed by atoms with Crippen LogP contribution < -0.4 is 11.1 Å². The van der Waals surface area contributed by atoms with E-state index in [1.165, 1.54) is 0 Å². The molecule has 1 amide bonds. The Bertz CT molecular complexity index is 371. The molecule has 20 heavy (non-hydrogen) atoms. The highest BCUT2D eigenvalue weighted by molar-refractivity contribution is 5.85. The van der Waals surface area contributed by atoms with Crippen molar-refractivity contribution in [2.24, 2.45) is 5.73 Å². The number of benzene rings is 1. The van der Waals surface area contributed by atoms with Gasteiger partial charge in [-0.15, -0.1) is 12.4 Å². The molecule has 0 heterocycles. The lowest BCUT2D eigenvalue weighted by molar-refractivity contribution is -0.122. The van der Waals surface area contributed by atoms with E-state index in [0.717, 1.165) is 5.56 Å². The number of hydrogen-bond donors (Lipinski definition) is 2. The molecule has 114 valence electrons. The summed E-state index contributed by atoms with van der Waals surface area (Å²) in [6.07, 6.45) is 1.18. The summed E-state index contributed by atoms with van der Waals surface area (Å²) in [6.45, 7) is 4.92. The Kier molecular flexibility index (Phi) is 10.1. The van der Waals surface area contributed by atoms with E-state index in [1.807, 2.05) is 44.2 Å². The lowest BCUT2D eigenvalue weighted by atomic mass is 10.2. The Labute approximate surface area is 127 Å². The first-order valence-corrected chi connectivity index (χ1v) is 6.74. The van der Waals surface area contributed by atoms with Crippen LogP contribution in [0.15, 0.2) is 30.3 Å². The van der Waals surface area contributed by atoms with Crippen molar-refractivity contribution >= 4 is 18.3 Å². The normalized spacial score (nSPS) is 13.2. The highest BCUT2D eigenvalue weighted by Crippen LogP contribution is 2.01. The Morgan fingerprint density at radius 1 is 1.30 bits per heavy atom. The number of ether oxygens (including phenoxy) is 1. The molecule has 2 unspecified atom stereocenters. The smallest absolute Gasteiger partial charge is 0.220 e. The SMILES string of the molecule is CC(N)CCC(=O)NC(C)COCc1ccccc1.Cl. The Morgan fingerprint density at radius 3 is 2.55 bits per heavy atom. The zero-order chi connectivity index (χ0) is 14.1. The van der Waals surface area contributed by atoms with Gasteiger partial charge in [0, 0.05) is 18.5 Å². The second kappa shape index (κ2) is 10.7. The summed E-state index contributed by atoms with van der Waals surface area (Å²) in [7, 11) is 0. The van der Waals surface area contributed by atoms with Crippen molar-refractivity contribution in [3.63, 3.8) is 0 Å². The number of carbonyl (C=O) groups is 1. The van der Waals surface area contributed by atoms with Crippen LogP contribution in [0.3, 0.4) is 0 Å². The summed E-state index contributed by atoms with van der Waals surface area (Å²) in [4.78, 5) is 11.6. The Balaban J connectivity index is 0.00000361. The number of halogens is 1. The quantitative estimate of drug-likeness (QED) is 0.774. The molecule has 5 heteroatoms. The minimum absolute atomic E-state index is 0. The fourth-order valence-electron chi connectivity index (χ4n) is 1.68. The molecule has 0 radical (unpaired) electrons. The van der Waals surface area contributed by atoms with E-state index in [2.05, 4.69) is 5.32 Å². The number of nitrogens with one attached hydrogen (secondary N) is 1. The van der Waals surface area contributed by atoms with Gasteiger partial charge >= 0.3 is 0 Å². The molecule has 2 atom stereocenters. The van der Waals surface area contributed by atoms with Crippen LogP contribution in [0.2, 0.25) is 0 Å². The minimum atomic E-state index is 0. The molecular weight excluding hydrogens is 276 g/mol. The van der Waals surface area contributed by atoms with E-state index < -0.39 is 0 Å². The number of rotatable bonds is 8. The highest BCUT2D eigenvalue weighted by atomic mass is 35.5. The van der Waals surface area contributed by atoms with Gasteiger partial charge in [-0.25, -0.2) is 0 Å². The number of nitrogens with two attached hydrogens (primary N) is 1. The first kappa shape index (κ1) is 18.9. The molecule has 0 aliphatic heterocycles. The van der Waals surface area contributed by atoms with Gasteiger partial charge in [0.2, 0.25) is 5.91 Å². The molecule has 0 aliphatic carbocycles. The van der Waals surface area contributed by atoms with Gasteiger partial charge in [0.05, 0.1) is 13.2 Å². The third-order valence-corrected chi connectivity index (χ3v) is 2.71. The van der Waals surface area contributed by atoms with Crippen LogP contribution in [0.1, 0.15) is 32.3 Å². The fraction of sp³-hybridized carbons (Fsp3) is 0.533. The Hall–Kier alpha value is -1.10. The van der Waals surface area contributed by atoms with Crippen molar-refractivity contribution in [2.75, 3.05) is 6.61 Å². The van der Waals surface area contributed by atoms with E-state index >= 15 is 0 Å². The van der Waals surface area contributed by atoms with E-state index in [-0.39, 0.29) is 30.4 Å². The predicted molar refractivity (Wildman–Crippen MR) is 83.8 cm³/mol. The number of amides is 1. The molecule has 1 aromatic carbocycles. The predicted octanol–water partition coefficient (Wildman–Crippen LogP) is 2.26. The zero-order valence-electron chi connectivity index (χ0n) is 12.2. The average molecular weight is 301 g/mol. The molecule has 1 aromatic rings. The third kappa shape index (κ3) is 8.91. The first-order valence-electron chi connectivity index (χ1n) is 6.74. The molecule has 0 saturated carbocycles. The molecule has 0 aliphatic rings. The van der Waals surface area contributed by atoms with Crippen molar-refractivity contribution in [3.05, 3.63) is 35.9 Å². The van der Waals surface area contributed by atoms with Crippen LogP contribution in [-0.2, 0) is 16.1 Å². The summed E-state index contributed by atoms with van der Waals surface area (Å²) < 4.78 is 5.57.